The van der Waals surface area contributed by atoms with E-state index in [2.05, 4.69) is 32.6 Å². The standard InChI is InChI=1S/C17H20N6O3S/c1-4-12(23(2)3)15-20-22-17(26-15)27-10-13(24)18-16-21-19-14(25-16)11-8-6-5-7-9-11/h5-9,12H,4,10H2,1-3H3,(H,18,21,24)/p+1/t12-/m0/s1. The summed E-state index contributed by atoms with van der Waals surface area (Å²) < 4.78 is 11.1. The number of hydrogen-bond donors (Lipinski definition) is 2. The second-order valence-corrected chi connectivity index (χ2v) is 6.99. The Labute approximate surface area is 160 Å². The van der Waals surface area contributed by atoms with Gasteiger partial charge in [-0.2, -0.15) is 0 Å². The number of rotatable bonds is 8. The molecule has 27 heavy (non-hydrogen) atoms. The third kappa shape index (κ3) is 4.92. The van der Waals surface area contributed by atoms with Gasteiger partial charge in [0, 0.05) is 12.0 Å². The van der Waals surface area contributed by atoms with Crippen LogP contribution in [0, 0.1) is 0 Å². The van der Waals surface area contributed by atoms with Crippen LogP contribution >= 0.6 is 11.8 Å². The summed E-state index contributed by atoms with van der Waals surface area (Å²) in [7, 11) is 4.07. The molecule has 2 heterocycles. The van der Waals surface area contributed by atoms with Gasteiger partial charge in [0.2, 0.25) is 11.8 Å². The predicted molar refractivity (Wildman–Crippen MR) is 99.2 cm³/mol. The number of amides is 1. The maximum absolute atomic E-state index is 12.1. The molecule has 1 atom stereocenters. The number of benzene rings is 1. The van der Waals surface area contributed by atoms with Gasteiger partial charge in [-0.3, -0.25) is 10.1 Å². The van der Waals surface area contributed by atoms with E-state index in [0.717, 1.165) is 23.7 Å². The van der Waals surface area contributed by atoms with Gasteiger partial charge in [-0.25, -0.2) is 0 Å². The number of nitrogens with zero attached hydrogens (tertiary/aromatic N) is 4. The molecule has 0 aliphatic carbocycles. The van der Waals surface area contributed by atoms with Gasteiger partial charge in [0.05, 0.1) is 19.8 Å². The molecule has 0 unspecified atom stereocenters. The lowest BCUT2D eigenvalue weighted by molar-refractivity contribution is -0.894. The predicted octanol–water partition coefficient (Wildman–Crippen LogP) is 1.45. The van der Waals surface area contributed by atoms with E-state index in [0.29, 0.717) is 17.0 Å². The summed E-state index contributed by atoms with van der Waals surface area (Å²) >= 11 is 1.16. The fraction of sp³-hybridized carbons (Fsp3) is 0.353. The van der Waals surface area contributed by atoms with E-state index in [1.54, 1.807) is 0 Å². The van der Waals surface area contributed by atoms with E-state index in [1.165, 1.54) is 4.90 Å². The van der Waals surface area contributed by atoms with Crippen LogP contribution in [0.3, 0.4) is 0 Å². The van der Waals surface area contributed by atoms with Gasteiger partial charge >= 0.3 is 6.01 Å². The van der Waals surface area contributed by atoms with Gasteiger partial charge in [-0.05, 0) is 12.1 Å². The Hall–Kier alpha value is -2.72. The third-order valence-electron chi connectivity index (χ3n) is 3.84. The van der Waals surface area contributed by atoms with Gasteiger partial charge in [-0.1, -0.05) is 42.0 Å². The molecule has 0 aliphatic heterocycles. The highest BCUT2D eigenvalue weighted by atomic mass is 32.2. The number of aromatic nitrogens is 4. The van der Waals surface area contributed by atoms with Crippen molar-refractivity contribution in [2.75, 3.05) is 25.2 Å². The Morgan fingerprint density at radius 2 is 1.93 bits per heavy atom. The number of hydrogen-bond acceptors (Lipinski definition) is 8. The van der Waals surface area contributed by atoms with Crippen molar-refractivity contribution in [3.63, 3.8) is 0 Å². The van der Waals surface area contributed by atoms with Crippen molar-refractivity contribution in [3.8, 4) is 11.5 Å². The lowest BCUT2D eigenvalue weighted by Gasteiger charge is -2.15. The minimum Gasteiger partial charge on any atom is -0.410 e. The van der Waals surface area contributed by atoms with Crippen LogP contribution in [0.15, 0.2) is 44.4 Å². The van der Waals surface area contributed by atoms with Gasteiger partial charge in [0.15, 0.2) is 6.04 Å². The van der Waals surface area contributed by atoms with Gasteiger partial charge in [0.25, 0.3) is 11.1 Å². The van der Waals surface area contributed by atoms with Crippen molar-refractivity contribution in [3.05, 3.63) is 36.2 Å². The molecule has 9 nitrogen and oxygen atoms in total. The summed E-state index contributed by atoms with van der Waals surface area (Å²) in [6.07, 6.45) is 0.885. The average Bonchev–Trinajstić information content (AvgIpc) is 3.31. The minimum absolute atomic E-state index is 0.0490. The monoisotopic (exact) mass is 389 g/mol. The Bertz CT molecular complexity index is 880. The van der Waals surface area contributed by atoms with Gasteiger partial charge in [0.1, 0.15) is 0 Å². The zero-order valence-electron chi connectivity index (χ0n) is 15.3. The summed E-state index contributed by atoms with van der Waals surface area (Å²) in [4.78, 5) is 13.3. The first-order valence-corrected chi connectivity index (χ1v) is 9.50. The summed E-state index contributed by atoms with van der Waals surface area (Å²) in [5.41, 5.74) is 0.784. The molecule has 0 spiro atoms. The molecule has 142 valence electrons. The lowest BCUT2D eigenvalue weighted by atomic mass is 10.2. The van der Waals surface area contributed by atoms with E-state index >= 15 is 0 Å². The van der Waals surface area contributed by atoms with Crippen LogP contribution in [0.1, 0.15) is 25.3 Å². The summed E-state index contributed by atoms with van der Waals surface area (Å²) in [5, 5.41) is 18.8. The Kier molecular flexibility index (Phi) is 6.20. The molecule has 10 heteroatoms. The molecule has 2 N–H and O–H groups in total. The normalized spacial score (nSPS) is 12.3. The van der Waals surface area contributed by atoms with Gasteiger partial charge in [-0.15, -0.1) is 15.3 Å². The maximum atomic E-state index is 12.1. The molecule has 0 bridgehead atoms. The second kappa shape index (κ2) is 8.78. The zero-order chi connectivity index (χ0) is 19.2. The fourth-order valence-corrected chi connectivity index (χ4v) is 3.07. The van der Waals surface area contributed by atoms with Gasteiger partial charge < -0.3 is 13.7 Å². The van der Waals surface area contributed by atoms with E-state index in [4.69, 9.17) is 8.83 Å². The zero-order valence-corrected chi connectivity index (χ0v) is 16.1. The van der Waals surface area contributed by atoms with E-state index in [1.807, 2.05) is 44.4 Å². The first-order valence-electron chi connectivity index (χ1n) is 8.51. The number of carbonyl (C=O) groups excluding carboxylic acids is 1. The molecule has 0 saturated heterocycles. The Morgan fingerprint density at radius 1 is 1.15 bits per heavy atom. The highest BCUT2D eigenvalue weighted by Crippen LogP contribution is 2.21. The molecular formula is C17H21N6O3S+. The molecule has 2 aromatic heterocycles. The lowest BCUT2D eigenvalue weighted by Crippen LogP contribution is -3.06. The highest BCUT2D eigenvalue weighted by Gasteiger charge is 2.23. The molecule has 1 aromatic carbocycles. The molecule has 3 aromatic rings. The Morgan fingerprint density at radius 3 is 2.63 bits per heavy atom. The second-order valence-electron chi connectivity index (χ2n) is 6.06. The first-order chi connectivity index (χ1) is 13.1. The molecule has 0 aliphatic rings. The minimum atomic E-state index is -0.298. The van der Waals surface area contributed by atoms with Crippen LogP contribution in [-0.2, 0) is 4.79 Å². The Balaban J connectivity index is 1.53. The van der Waals surface area contributed by atoms with E-state index in [-0.39, 0.29) is 23.7 Å². The highest BCUT2D eigenvalue weighted by molar-refractivity contribution is 7.99. The van der Waals surface area contributed by atoms with Crippen molar-refractivity contribution in [2.45, 2.75) is 24.6 Å². The number of anilines is 1. The number of thioether (sulfide) groups is 1. The smallest absolute Gasteiger partial charge is 0.322 e. The molecule has 3 rings (SSSR count). The van der Waals surface area contributed by atoms with E-state index in [9.17, 15) is 4.79 Å². The number of carbonyl (C=O) groups is 1. The maximum Gasteiger partial charge on any atom is 0.322 e. The van der Waals surface area contributed by atoms with Crippen molar-refractivity contribution < 1.29 is 18.5 Å². The molecule has 0 radical (unpaired) electrons. The van der Waals surface area contributed by atoms with Crippen LogP contribution < -0.4 is 10.2 Å². The SMILES string of the molecule is CC[C@@H](c1nnc(SCC(=O)Nc2nnc(-c3ccccc3)o2)o1)[NH+](C)C. The first kappa shape index (κ1) is 19.1. The molecular weight excluding hydrogens is 368 g/mol. The van der Waals surface area contributed by atoms with Crippen molar-refractivity contribution in [2.24, 2.45) is 0 Å². The summed E-state index contributed by atoms with van der Waals surface area (Å²) in [6.45, 7) is 2.07. The topological polar surface area (TPSA) is 111 Å². The third-order valence-corrected chi connectivity index (χ3v) is 4.66. The van der Waals surface area contributed by atoms with Crippen molar-refractivity contribution >= 4 is 23.7 Å². The van der Waals surface area contributed by atoms with Crippen LogP contribution in [0.5, 0.6) is 0 Å². The van der Waals surface area contributed by atoms with E-state index < -0.39 is 0 Å². The summed E-state index contributed by atoms with van der Waals surface area (Å²) in [5.74, 6) is 0.714. The van der Waals surface area contributed by atoms with Crippen molar-refractivity contribution in [1.82, 2.24) is 20.4 Å². The van der Waals surface area contributed by atoms with Crippen molar-refractivity contribution in [1.29, 1.82) is 0 Å². The molecule has 0 saturated carbocycles. The van der Waals surface area contributed by atoms with Crippen LogP contribution in [0.4, 0.5) is 6.01 Å². The van der Waals surface area contributed by atoms with Crippen LogP contribution in [-0.4, -0.2) is 46.2 Å². The average molecular weight is 389 g/mol. The molecule has 0 fully saturated rings. The largest absolute Gasteiger partial charge is 0.410 e. The summed E-state index contributed by atoms with van der Waals surface area (Å²) in [6, 6.07) is 9.51. The number of quaternary nitrogens is 1. The van der Waals surface area contributed by atoms with Crippen LogP contribution in [0.2, 0.25) is 0 Å². The number of nitrogens with one attached hydrogen (secondary N) is 2. The molecule has 1 amide bonds. The van der Waals surface area contributed by atoms with Crippen LogP contribution in [0.25, 0.3) is 11.5 Å². The quantitative estimate of drug-likeness (QED) is 0.557. The fourth-order valence-electron chi connectivity index (χ4n) is 2.50.